The van der Waals surface area contributed by atoms with Crippen molar-refractivity contribution < 1.29 is 24.2 Å². The van der Waals surface area contributed by atoms with Crippen molar-refractivity contribution in [2.24, 2.45) is 0 Å². The number of nitrogens with zero attached hydrogens (tertiary/aromatic N) is 1. The second-order valence-electron chi connectivity index (χ2n) is 8.77. The number of carbonyl (C=O) groups excluding carboxylic acids is 2. The summed E-state index contributed by atoms with van der Waals surface area (Å²) in [4.78, 5) is 28.1. The van der Waals surface area contributed by atoms with Crippen LogP contribution < -0.4 is 9.47 Å². The lowest BCUT2D eigenvalue weighted by molar-refractivity contribution is -0.140. The van der Waals surface area contributed by atoms with Crippen LogP contribution in [0.2, 0.25) is 0 Å². The summed E-state index contributed by atoms with van der Waals surface area (Å²) in [5, 5.41) is 11.3. The number of aliphatic hydroxyl groups is 1. The molecule has 6 nitrogen and oxygen atoms in total. The molecule has 3 aromatic carbocycles. The van der Waals surface area contributed by atoms with Crippen LogP contribution >= 0.6 is 0 Å². The quantitative estimate of drug-likeness (QED) is 0.235. The van der Waals surface area contributed by atoms with Crippen LogP contribution in [-0.2, 0) is 16.1 Å². The zero-order chi connectivity index (χ0) is 25.7. The van der Waals surface area contributed by atoms with E-state index in [4.69, 9.17) is 9.47 Å². The molecule has 4 rings (SSSR count). The predicted molar refractivity (Wildman–Crippen MR) is 139 cm³/mol. The summed E-state index contributed by atoms with van der Waals surface area (Å²) in [5.74, 6) is -0.427. The largest absolute Gasteiger partial charge is 0.507 e. The van der Waals surface area contributed by atoms with E-state index < -0.39 is 17.7 Å². The molecule has 1 aliphatic rings. The van der Waals surface area contributed by atoms with Crippen molar-refractivity contribution >= 4 is 17.4 Å². The highest BCUT2D eigenvalue weighted by atomic mass is 16.5. The minimum absolute atomic E-state index is 0.0597. The summed E-state index contributed by atoms with van der Waals surface area (Å²) < 4.78 is 11.7. The van der Waals surface area contributed by atoms with Gasteiger partial charge in [0.1, 0.15) is 5.76 Å². The number of benzene rings is 3. The lowest BCUT2D eigenvalue weighted by atomic mass is 9.94. The van der Waals surface area contributed by atoms with Gasteiger partial charge in [0.25, 0.3) is 11.7 Å². The Kier molecular flexibility index (Phi) is 7.74. The van der Waals surface area contributed by atoms with Crippen LogP contribution in [0.15, 0.2) is 78.4 Å². The molecular formula is C30H31NO5. The van der Waals surface area contributed by atoms with E-state index in [0.717, 1.165) is 17.5 Å². The first-order chi connectivity index (χ1) is 17.4. The number of aryl methyl sites for hydroxylation is 1. The maximum atomic E-state index is 13.3. The molecule has 1 unspecified atom stereocenters. The minimum Gasteiger partial charge on any atom is -0.507 e. The zero-order valence-electron chi connectivity index (χ0n) is 20.9. The van der Waals surface area contributed by atoms with Gasteiger partial charge in [0, 0.05) is 12.1 Å². The fourth-order valence-corrected chi connectivity index (χ4v) is 4.33. The van der Waals surface area contributed by atoms with Crippen molar-refractivity contribution in [2.45, 2.75) is 39.8 Å². The number of ether oxygens (including phenoxy) is 2. The Bertz CT molecular complexity index is 1260. The Morgan fingerprint density at radius 3 is 2.31 bits per heavy atom. The van der Waals surface area contributed by atoms with Gasteiger partial charge in [-0.05, 0) is 43.5 Å². The summed E-state index contributed by atoms with van der Waals surface area (Å²) >= 11 is 0. The minimum atomic E-state index is -0.786. The average molecular weight is 486 g/mol. The molecule has 3 aromatic rings. The molecule has 0 aromatic heterocycles. The van der Waals surface area contributed by atoms with Crippen LogP contribution in [0.3, 0.4) is 0 Å². The highest BCUT2D eigenvalue weighted by Gasteiger charge is 2.46. The predicted octanol–water partition coefficient (Wildman–Crippen LogP) is 5.80. The van der Waals surface area contributed by atoms with E-state index in [9.17, 15) is 14.7 Å². The van der Waals surface area contributed by atoms with Crippen molar-refractivity contribution in [2.75, 3.05) is 13.2 Å². The zero-order valence-corrected chi connectivity index (χ0v) is 20.9. The van der Waals surface area contributed by atoms with Gasteiger partial charge in [-0.15, -0.1) is 0 Å². The SMILES string of the molecule is CCCOc1ccc(C2/C(=C(\O)c3ccc(C)cc3)C(=O)C(=O)N2Cc2ccccc2)cc1OCC. The first kappa shape index (κ1) is 25.0. The molecule has 1 heterocycles. The number of rotatable bonds is 9. The van der Waals surface area contributed by atoms with Gasteiger partial charge < -0.3 is 19.5 Å². The van der Waals surface area contributed by atoms with E-state index in [0.29, 0.717) is 35.8 Å². The monoisotopic (exact) mass is 485 g/mol. The first-order valence-electron chi connectivity index (χ1n) is 12.2. The molecule has 1 fully saturated rings. The van der Waals surface area contributed by atoms with E-state index >= 15 is 0 Å². The van der Waals surface area contributed by atoms with Gasteiger partial charge in [0.15, 0.2) is 11.5 Å². The maximum absolute atomic E-state index is 13.3. The molecule has 6 heteroatoms. The third kappa shape index (κ3) is 5.13. The van der Waals surface area contributed by atoms with Gasteiger partial charge in [-0.2, -0.15) is 0 Å². The van der Waals surface area contributed by atoms with Crippen LogP contribution in [0.1, 0.15) is 48.6 Å². The topological polar surface area (TPSA) is 76.1 Å². The fraction of sp³-hybridized carbons (Fsp3) is 0.267. The lowest BCUT2D eigenvalue weighted by Crippen LogP contribution is -2.29. The molecule has 1 N–H and O–H groups in total. The van der Waals surface area contributed by atoms with Gasteiger partial charge in [0.2, 0.25) is 0 Å². The highest BCUT2D eigenvalue weighted by Crippen LogP contribution is 2.42. The molecule has 0 saturated carbocycles. The second kappa shape index (κ2) is 11.1. The molecule has 36 heavy (non-hydrogen) atoms. The van der Waals surface area contributed by atoms with Crippen molar-refractivity contribution in [3.63, 3.8) is 0 Å². The number of ketones is 1. The van der Waals surface area contributed by atoms with Crippen LogP contribution in [0.25, 0.3) is 5.76 Å². The van der Waals surface area contributed by atoms with Crippen LogP contribution in [0.4, 0.5) is 0 Å². The van der Waals surface area contributed by atoms with Gasteiger partial charge in [-0.3, -0.25) is 9.59 Å². The van der Waals surface area contributed by atoms with Crippen LogP contribution in [-0.4, -0.2) is 34.9 Å². The summed E-state index contributed by atoms with van der Waals surface area (Å²) in [6, 6.07) is 21.3. The lowest BCUT2D eigenvalue weighted by Gasteiger charge is -2.26. The molecular weight excluding hydrogens is 454 g/mol. The number of likely N-dealkylation sites (tertiary alicyclic amines) is 1. The van der Waals surface area contributed by atoms with Crippen LogP contribution in [0, 0.1) is 6.92 Å². The highest BCUT2D eigenvalue weighted by molar-refractivity contribution is 6.46. The van der Waals surface area contributed by atoms with Crippen molar-refractivity contribution in [3.8, 4) is 11.5 Å². The Balaban J connectivity index is 1.86. The molecule has 1 saturated heterocycles. The molecule has 1 atom stereocenters. The number of hydrogen-bond donors (Lipinski definition) is 1. The molecule has 0 radical (unpaired) electrons. The van der Waals surface area contributed by atoms with E-state index in [-0.39, 0.29) is 17.9 Å². The first-order valence-corrected chi connectivity index (χ1v) is 12.2. The van der Waals surface area contributed by atoms with Gasteiger partial charge in [-0.25, -0.2) is 0 Å². The van der Waals surface area contributed by atoms with Gasteiger partial charge >= 0.3 is 0 Å². The summed E-state index contributed by atoms with van der Waals surface area (Å²) in [6.07, 6.45) is 0.848. The molecule has 1 amide bonds. The standard InChI is InChI=1S/C30H31NO5/c1-4-17-36-24-16-15-23(18-25(24)35-5-2)27-26(28(32)22-13-11-20(3)12-14-22)29(33)30(34)31(27)19-21-9-7-6-8-10-21/h6-16,18,27,32H,4-5,17,19H2,1-3H3/b28-26+. The Morgan fingerprint density at radius 2 is 1.64 bits per heavy atom. The van der Waals surface area contributed by atoms with Gasteiger partial charge in [-0.1, -0.05) is 73.2 Å². The second-order valence-corrected chi connectivity index (χ2v) is 8.77. The van der Waals surface area contributed by atoms with E-state index in [1.54, 1.807) is 24.3 Å². The number of carbonyl (C=O) groups is 2. The summed E-state index contributed by atoms with van der Waals surface area (Å²) in [7, 11) is 0. The Labute approximate surface area is 211 Å². The average Bonchev–Trinajstić information content (AvgIpc) is 3.13. The molecule has 1 aliphatic heterocycles. The van der Waals surface area contributed by atoms with Crippen molar-refractivity contribution in [1.82, 2.24) is 4.90 Å². The van der Waals surface area contributed by atoms with Gasteiger partial charge in [0.05, 0.1) is 24.8 Å². The Hall–Kier alpha value is -4.06. The third-order valence-corrected chi connectivity index (χ3v) is 6.11. The summed E-state index contributed by atoms with van der Waals surface area (Å²) in [5.41, 5.74) is 3.11. The molecule has 0 bridgehead atoms. The maximum Gasteiger partial charge on any atom is 0.295 e. The van der Waals surface area contributed by atoms with E-state index in [1.165, 1.54) is 4.90 Å². The molecule has 0 spiro atoms. The van der Waals surface area contributed by atoms with Crippen molar-refractivity contribution in [1.29, 1.82) is 0 Å². The number of Topliss-reactive ketones (excluding diaryl/α,β-unsaturated/α-hetero) is 1. The molecule has 0 aliphatic carbocycles. The normalized spacial score (nSPS) is 16.9. The fourth-order valence-electron chi connectivity index (χ4n) is 4.33. The van der Waals surface area contributed by atoms with Crippen molar-refractivity contribution in [3.05, 3.63) is 101 Å². The van der Waals surface area contributed by atoms with E-state index in [1.807, 2.05) is 69.3 Å². The molecule has 186 valence electrons. The third-order valence-electron chi connectivity index (χ3n) is 6.11. The number of aliphatic hydroxyl groups excluding tert-OH is 1. The smallest absolute Gasteiger partial charge is 0.295 e. The Morgan fingerprint density at radius 1 is 0.917 bits per heavy atom. The number of hydrogen-bond acceptors (Lipinski definition) is 5. The number of amides is 1. The summed E-state index contributed by atoms with van der Waals surface area (Å²) in [6.45, 7) is 7.05. The van der Waals surface area contributed by atoms with Crippen LogP contribution in [0.5, 0.6) is 11.5 Å². The van der Waals surface area contributed by atoms with E-state index in [2.05, 4.69) is 0 Å².